The molecule has 0 saturated carbocycles. The normalized spacial score (nSPS) is 23.5. The lowest BCUT2D eigenvalue weighted by atomic mass is 9.90. The number of aliphatic hydroxyl groups is 1. The van der Waals surface area contributed by atoms with Crippen LogP contribution in [0.5, 0.6) is 0 Å². The number of anilines is 2. The molecule has 2 aromatic carbocycles. The van der Waals surface area contributed by atoms with Crippen molar-refractivity contribution < 1.29 is 19.4 Å². The first-order valence-corrected chi connectivity index (χ1v) is 13.9. The lowest BCUT2D eigenvalue weighted by Gasteiger charge is -2.44. The summed E-state index contributed by atoms with van der Waals surface area (Å²) >= 11 is 0. The number of rotatable bonds is 8. The predicted molar refractivity (Wildman–Crippen MR) is 153 cm³/mol. The van der Waals surface area contributed by atoms with Crippen LogP contribution in [0.1, 0.15) is 42.9 Å². The molecule has 2 aliphatic heterocycles. The van der Waals surface area contributed by atoms with Gasteiger partial charge in [0.05, 0.1) is 18.8 Å². The number of ether oxygens (including phenoxy) is 2. The van der Waals surface area contributed by atoms with Gasteiger partial charge in [-0.15, -0.1) is 0 Å². The molecule has 5 rings (SSSR count). The molecule has 0 aliphatic carbocycles. The van der Waals surface area contributed by atoms with Crippen molar-refractivity contribution >= 4 is 17.7 Å². The van der Waals surface area contributed by atoms with Crippen LogP contribution >= 0.6 is 0 Å². The fourth-order valence-electron chi connectivity index (χ4n) is 5.23. The Morgan fingerprint density at radius 2 is 1.65 bits per heavy atom. The molecule has 10 nitrogen and oxygen atoms in total. The molecule has 3 heterocycles. The molecule has 2 amide bonds. The SMILES string of the molecule is CCNC(=O)Nc1ccc([C@H]2O[C@@H](CN3CCN(c4ncccn4)CC3)[C@@H](C)[C@@H](c3ccc(CO)cc3)O2)cc1. The van der Waals surface area contributed by atoms with Gasteiger partial charge in [-0.2, -0.15) is 0 Å². The first-order chi connectivity index (χ1) is 19.5. The molecule has 1 aromatic heterocycles. The second-order valence-corrected chi connectivity index (χ2v) is 10.3. The number of carbonyl (C=O) groups is 1. The first-order valence-electron chi connectivity index (χ1n) is 13.9. The Morgan fingerprint density at radius 3 is 2.30 bits per heavy atom. The highest BCUT2D eigenvalue weighted by molar-refractivity contribution is 5.89. The van der Waals surface area contributed by atoms with E-state index in [4.69, 9.17) is 9.47 Å². The zero-order valence-corrected chi connectivity index (χ0v) is 23.1. The third kappa shape index (κ3) is 6.76. The molecule has 2 saturated heterocycles. The molecule has 0 bridgehead atoms. The number of nitrogens with zero attached hydrogens (tertiary/aromatic N) is 4. The number of nitrogens with one attached hydrogen (secondary N) is 2. The summed E-state index contributed by atoms with van der Waals surface area (Å²) in [5.41, 5.74) is 3.52. The van der Waals surface area contributed by atoms with Crippen LogP contribution in [0.25, 0.3) is 0 Å². The van der Waals surface area contributed by atoms with Gasteiger partial charge >= 0.3 is 6.03 Å². The summed E-state index contributed by atoms with van der Waals surface area (Å²) in [4.78, 5) is 25.4. The zero-order chi connectivity index (χ0) is 27.9. The Morgan fingerprint density at radius 1 is 0.975 bits per heavy atom. The van der Waals surface area contributed by atoms with Gasteiger partial charge in [0.15, 0.2) is 6.29 Å². The van der Waals surface area contributed by atoms with Crippen molar-refractivity contribution in [2.24, 2.45) is 5.92 Å². The summed E-state index contributed by atoms with van der Waals surface area (Å²) in [5.74, 6) is 0.875. The second-order valence-electron chi connectivity index (χ2n) is 10.3. The molecule has 4 atom stereocenters. The number of hydrogen-bond acceptors (Lipinski definition) is 8. The molecule has 0 unspecified atom stereocenters. The van der Waals surface area contributed by atoms with E-state index in [-0.39, 0.29) is 30.8 Å². The maximum Gasteiger partial charge on any atom is 0.319 e. The van der Waals surface area contributed by atoms with E-state index in [1.807, 2.05) is 61.5 Å². The number of carbonyl (C=O) groups excluding carboxylic acids is 1. The van der Waals surface area contributed by atoms with Crippen molar-refractivity contribution in [1.82, 2.24) is 20.2 Å². The van der Waals surface area contributed by atoms with E-state index in [9.17, 15) is 9.90 Å². The van der Waals surface area contributed by atoms with Crippen molar-refractivity contribution in [3.8, 4) is 0 Å². The van der Waals surface area contributed by atoms with Crippen LogP contribution in [0.2, 0.25) is 0 Å². The maximum atomic E-state index is 11.9. The molecule has 0 spiro atoms. The first kappa shape index (κ1) is 28.0. The predicted octanol–water partition coefficient (Wildman–Crippen LogP) is 3.72. The van der Waals surface area contributed by atoms with Gasteiger partial charge in [0.1, 0.15) is 0 Å². The summed E-state index contributed by atoms with van der Waals surface area (Å²) < 4.78 is 13.2. The molecule has 10 heteroatoms. The minimum Gasteiger partial charge on any atom is -0.392 e. The van der Waals surface area contributed by atoms with Gasteiger partial charge in [-0.1, -0.05) is 43.3 Å². The van der Waals surface area contributed by atoms with Crippen molar-refractivity contribution in [2.75, 3.05) is 49.5 Å². The Balaban J connectivity index is 1.30. The van der Waals surface area contributed by atoms with Gasteiger partial charge in [0.25, 0.3) is 0 Å². The largest absolute Gasteiger partial charge is 0.392 e. The summed E-state index contributed by atoms with van der Waals surface area (Å²) in [7, 11) is 0. The summed E-state index contributed by atoms with van der Waals surface area (Å²) in [6.45, 7) is 8.91. The highest BCUT2D eigenvalue weighted by Gasteiger charge is 2.39. The van der Waals surface area contributed by atoms with Gasteiger partial charge in [-0.3, -0.25) is 4.90 Å². The molecule has 40 heavy (non-hydrogen) atoms. The van der Waals surface area contributed by atoms with Crippen LogP contribution in [-0.4, -0.2) is 71.4 Å². The quantitative estimate of drug-likeness (QED) is 0.392. The average molecular weight is 547 g/mol. The highest BCUT2D eigenvalue weighted by atomic mass is 16.7. The van der Waals surface area contributed by atoms with Crippen molar-refractivity contribution in [2.45, 2.75) is 39.0 Å². The fraction of sp³-hybridized carbons (Fsp3) is 0.433. The number of urea groups is 1. The summed E-state index contributed by atoms with van der Waals surface area (Å²) in [6, 6.07) is 17.1. The smallest absolute Gasteiger partial charge is 0.319 e. The highest BCUT2D eigenvalue weighted by Crippen LogP contribution is 2.42. The Labute approximate surface area is 235 Å². The average Bonchev–Trinajstić information content (AvgIpc) is 2.99. The molecule has 212 valence electrons. The third-order valence-corrected chi connectivity index (χ3v) is 7.55. The van der Waals surface area contributed by atoms with Crippen LogP contribution in [0.15, 0.2) is 67.0 Å². The molecular weight excluding hydrogens is 508 g/mol. The Kier molecular flexibility index (Phi) is 9.22. The minimum absolute atomic E-state index is 0.00633. The molecule has 0 radical (unpaired) electrons. The van der Waals surface area contributed by atoms with Gasteiger partial charge < -0.3 is 30.1 Å². The molecular formula is C30H38N6O4. The monoisotopic (exact) mass is 546 g/mol. The molecule has 3 aromatic rings. The van der Waals surface area contributed by atoms with Crippen molar-refractivity contribution in [3.63, 3.8) is 0 Å². The van der Waals surface area contributed by atoms with E-state index in [0.717, 1.165) is 55.4 Å². The fourth-order valence-corrected chi connectivity index (χ4v) is 5.23. The van der Waals surface area contributed by atoms with Crippen LogP contribution in [0.4, 0.5) is 16.4 Å². The second kappa shape index (κ2) is 13.2. The van der Waals surface area contributed by atoms with E-state index in [1.54, 1.807) is 12.4 Å². The summed E-state index contributed by atoms with van der Waals surface area (Å²) in [5, 5.41) is 15.1. The molecule has 2 fully saturated rings. The number of amides is 2. The molecule has 3 N–H and O–H groups in total. The Hall–Kier alpha value is -3.57. The standard InChI is InChI=1S/C30H38N6O4/c1-3-31-30(38)34-25-11-9-24(10-12-25)28-39-26(21(2)27(40-28)23-7-5-22(20-37)6-8-23)19-35-15-17-36(18-16-35)29-32-13-4-14-33-29/h4-14,21,26-28,37H,3,15-20H2,1-2H3,(H2,31,34,38)/t21-,26+,27+,28+/m1/s1. The number of aromatic nitrogens is 2. The number of aliphatic hydroxyl groups excluding tert-OH is 1. The van der Waals surface area contributed by atoms with Gasteiger partial charge in [-0.25, -0.2) is 14.8 Å². The summed E-state index contributed by atoms with van der Waals surface area (Å²) in [6.07, 6.45) is 2.77. The van der Waals surface area contributed by atoms with Gasteiger partial charge in [-0.05, 0) is 36.2 Å². The van der Waals surface area contributed by atoms with E-state index < -0.39 is 6.29 Å². The topological polar surface area (TPSA) is 112 Å². The third-order valence-electron chi connectivity index (χ3n) is 7.55. The van der Waals surface area contributed by atoms with Crippen LogP contribution in [0.3, 0.4) is 0 Å². The minimum atomic E-state index is -0.554. The maximum absolute atomic E-state index is 11.9. The van der Waals surface area contributed by atoms with E-state index in [1.165, 1.54) is 0 Å². The van der Waals surface area contributed by atoms with Crippen LogP contribution < -0.4 is 15.5 Å². The number of hydrogen-bond donors (Lipinski definition) is 3. The number of benzene rings is 2. The lowest BCUT2D eigenvalue weighted by molar-refractivity contribution is -0.276. The number of piperazine rings is 1. The molecule has 2 aliphatic rings. The van der Waals surface area contributed by atoms with Crippen LogP contribution in [-0.2, 0) is 16.1 Å². The van der Waals surface area contributed by atoms with Crippen LogP contribution in [0, 0.1) is 5.92 Å². The van der Waals surface area contributed by atoms with Gasteiger partial charge in [0.2, 0.25) is 5.95 Å². The van der Waals surface area contributed by atoms with E-state index in [2.05, 4.69) is 37.3 Å². The van der Waals surface area contributed by atoms with Gasteiger partial charge in [0, 0.05) is 68.8 Å². The zero-order valence-electron chi connectivity index (χ0n) is 23.1. The van der Waals surface area contributed by atoms with E-state index in [0.29, 0.717) is 12.2 Å². The van der Waals surface area contributed by atoms with E-state index >= 15 is 0 Å². The van der Waals surface area contributed by atoms with Crippen molar-refractivity contribution in [1.29, 1.82) is 0 Å². The van der Waals surface area contributed by atoms with Crippen molar-refractivity contribution in [3.05, 3.63) is 83.7 Å². The lowest BCUT2D eigenvalue weighted by Crippen LogP contribution is -2.51. The Bertz CT molecular complexity index is 1220.